The fraction of sp³-hybridized carbons (Fsp3) is 0.562. The van der Waals surface area contributed by atoms with Crippen LogP contribution in [0.15, 0.2) is 21.3 Å². The van der Waals surface area contributed by atoms with Crippen LogP contribution in [0.1, 0.15) is 41.4 Å². The fourth-order valence-corrected chi connectivity index (χ4v) is 2.83. The zero-order valence-corrected chi connectivity index (χ0v) is 13.8. The number of aryl methyl sites for hydroxylation is 2. The Morgan fingerprint density at radius 2 is 2.29 bits per heavy atom. The molecule has 0 aromatic carbocycles. The van der Waals surface area contributed by atoms with E-state index in [9.17, 15) is 9.59 Å². The molecule has 3 rings (SSSR count). The average Bonchev–Trinajstić information content (AvgIpc) is 3.18. The zero-order chi connectivity index (χ0) is 16.9. The van der Waals surface area contributed by atoms with Crippen LogP contribution >= 0.6 is 0 Å². The van der Waals surface area contributed by atoms with Crippen LogP contribution < -0.4 is 11.0 Å². The maximum atomic E-state index is 12.2. The minimum absolute atomic E-state index is 0.0498. The van der Waals surface area contributed by atoms with Crippen LogP contribution in [0.2, 0.25) is 0 Å². The predicted molar refractivity (Wildman–Crippen MR) is 85.8 cm³/mol. The Morgan fingerprint density at radius 1 is 1.42 bits per heavy atom. The van der Waals surface area contributed by atoms with Gasteiger partial charge in [-0.25, -0.2) is 9.48 Å². The van der Waals surface area contributed by atoms with Crippen LogP contribution in [-0.4, -0.2) is 33.9 Å². The number of amides is 1. The van der Waals surface area contributed by atoms with E-state index in [1.54, 1.807) is 23.8 Å². The summed E-state index contributed by atoms with van der Waals surface area (Å²) in [6, 6.07) is 3.34. The van der Waals surface area contributed by atoms with Crippen molar-refractivity contribution < 1.29 is 13.9 Å². The van der Waals surface area contributed by atoms with Gasteiger partial charge in [-0.3, -0.25) is 9.36 Å². The van der Waals surface area contributed by atoms with Crippen LogP contribution in [0, 0.1) is 0 Å². The molecular formula is C16H22N4O4. The van der Waals surface area contributed by atoms with Crippen molar-refractivity contribution in [2.24, 2.45) is 0 Å². The number of carbonyl (C=O) groups excluding carboxylic acids is 1. The molecule has 0 atom stereocenters. The highest BCUT2D eigenvalue weighted by molar-refractivity contribution is 5.91. The lowest BCUT2D eigenvalue weighted by Crippen LogP contribution is -2.29. The molecule has 0 aliphatic carbocycles. The van der Waals surface area contributed by atoms with E-state index in [4.69, 9.17) is 9.15 Å². The number of hydrogen-bond donors (Lipinski definition) is 1. The highest BCUT2D eigenvalue weighted by Crippen LogP contribution is 2.10. The average molecular weight is 334 g/mol. The summed E-state index contributed by atoms with van der Waals surface area (Å²) in [6.45, 7) is 2.04. The van der Waals surface area contributed by atoms with Crippen molar-refractivity contribution >= 4 is 5.91 Å². The summed E-state index contributed by atoms with van der Waals surface area (Å²) >= 11 is 0. The zero-order valence-electron chi connectivity index (χ0n) is 13.8. The monoisotopic (exact) mass is 334 g/mol. The largest absolute Gasteiger partial charge is 0.453 e. The molecule has 2 aromatic rings. The van der Waals surface area contributed by atoms with Gasteiger partial charge in [-0.05, 0) is 31.4 Å². The number of furan rings is 1. The lowest BCUT2D eigenvalue weighted by atomic mass is 10.2. The predicted octanol–water partition coefficient (Wildman–Crippen LogP) is 0.941. The van der Waals surface area contributed by atoms with Gasteiger partial charge < -0.3 is 14.5 Å². The first-order chi connectivity index (χ1) is 11.7. The Morgan fingerprint density at radius 3 is 3.08 bits per heavy atom. The van der Waals surface area contributed by atoms with Gasteiger partial charge in [-0.15, -0.1) is 0 Å². The van der Waals surface area contributed by atoms with Crippen LogP contribution in [0.5, 0.6) is 0 Å². The molecule has 8 nitrogen and oxygen atoms in total. The van der Waals surface area contributed by atoms with Gasteiger partial charge in [0.15, 0.2) is 5.76 Å². The van der Waals surface area contributed by atoms with Crippen LogP contribution in [0.25, 0.3) is 0 Å². The first-order valence-electron chi connectivity index (χ1n) is 8.21. The van der Waals surface area contributed by atoms with E-state index in [0.29, 0.717) is 31.9 Å². The van der Waals surface area contributed by atoms with Crippen molar-refractivity contribution in [3.63, 3.8) is 0 Å². The number of hydrogen-bond acceptors (Lipinski definition) is 5. The second-order valence-corrected chi connectivity index (χ2v) is 5.84. The molecule has 1 aliphatic heterocycles. The highest BCUT2D eigenvalue weighted by atomic mass is 16.5. The number of methoxy groups -OCH3 is 1. The van der Waals surface area contributed by atoms with E-state index in [1.807, 2.05) is 0 Å². The van der Waals surface area contributed by atoms with Crippen molar-refractivity contribution in [1.82, 2.24) is 19.7 Å². The Labute approximate surface area is 139 Å². The smallest absolute Gasteiger partial charge is 0.345 e. The molecule has 3 heterocycles. The maximum absolute atomic E-state index is 12.2. The molecule has 24 heavy (non-hydrogen) atoms. The summed E-state index contributed by atoms with van der Waals surface area (Å²) in [5.41, 5.74) is -0.0498. The normalized spacial score (nSPS) is 13.7. The van der Waals surface area contributed by atoms with Gasteiger partial charge >= 0.3 is 5.69 Å². The summed E-state index contributed by atoms with van der Waals surface area (Å²) in [7, 11) is 1.57. The second-order valence-electron chi connectivity index (χ2n) is 5.84. The Kier molecular flexibility index (Phi) is 5.14. The van der Waals surface area contributed by atoms with Gasteiger partial charge in [-0.2, -0.15) is 5.10 Å². The van der Waals surface area contributed by atoms with Crippen molar-refractivity contribution in [1.29, 1.82) is 0 Å². The molecule has 0 bridgehead atoms. The number of ether oxygens (including phenoxy) is 1. The first kappa shape index (κ1) is 16.5. The summed E-state index contributed by atoms with van der Waals surface area (Å²) in [4.78, 5) is 24.1. The number of rotatable bonds is 7. The molecule has 1 aliphatic rings. The number of nitrogens with one attached hydrogen (secondary N) is 1. The maximum Gasteiger partial charge on any atom is 0.345 e. The molecule has 0 radical (unpaired) electrons. The number of nitrogens with zero attached hydrogens (tertiary/aromatic N) is 3. The third-order valence-corrected chi connectivity index (χ3v) is 4.04. The topological polar surface area (TPSA) is 91.3 Å². The van der Waals surface area contributed by atoms with E-state index < -0.39 is 0 Å². The molecule has 130 valence electrons. The molecule has 0 spiro atoms. The van der Waals surface area contributed by atoms with Gasteiger partial charge in [0.1, 0.15) is 18.2 Å². The first-order valence-corrected chi connectivity index (χ1v) is 8.21. The van der Waals surface area contributed by atoms with Crippen molar-refractivity contribution in [3.8, 4) is 0 Å². The van der Waals surface area contributed by atoms with Crippen LogP contribution in [0.3, 0.4) is 0 Å². The highest BCUT2D eigenvalue weighted by Gasteiger charge is 2.16. The fourth-order valence-electron chi connectivity index (χ4n) is 2.83. The molecule has 0 unspecified atom stereocenters. The van der Waals surface area contributed by atoms with E-state index in [1.165, 1.54) is 4.68 Å². The number of carbonyl (C=O) groups is 1. The third-order valence-electron chi connectivity index (χ3n) is 4.04. The van der Waals surface area contributed by atoms with Gasteiger partial charge in [0.2, 0.25) is 0 Å². The van der Waals surface area contributed by atoms with Crippen molar-refractivity contribution in [2.45, 2.75) is 45.4 Å². The van der Waals surface area contributed by atoms with Gasteiger partial charge in [0.25, 0.3) is 5.91 Å². The van der Waals surface area contributed by atoms with Crippen molar-refractivity contribution in [3.05, 3.63) is 40.0 Å². The number of aromatic nitrogens is 3. The SMILES string of the molecule is COCc1ccc(C(=O)NCCCn2nc3n(c2=O)CCCC3)o1. The van der Waals surface area contributed by atoms with E-state index in [-0.39, 0.29) is 17.4 Å². The lowest BCUT2D eigenvalue weighted by molar-refractivity contribution is 0.0916. The third kappa shape index (κ3) is 3.59. The van der Waals surface area contributed by atoms with E-state index in [2.05, 4.69) is 10.4 Å². The van der Waals surface area contributed by atoms with Gasteiger partial charge in [-0.1, -0.05) is 0 Å². The van der Waals surface area contributed by atoms with Gasteiger partial charge in [0, 0.05) is 33.2 Å². The molecule has 1 amide bonds. The van der Waals surface area contributed by atoms with Crippen LogP contribution in [0.4, 0.5) is 0 Å². The summed E-state index contributed by atoms with van der Waals surface area (Å²) in [5, 5.41) is 7.15. The Balaban J connectivity index is 1.47. The van der Waals surface area contributed by atoms with E-state index >= 15 is 0 Å². The quantitative estimate of drug-likeness (QED) is 0.761. The standard InChI is InChI=1S/C16H22N4O4/c1-23-11-12-6-7-13(24-12)15(21)17-8-4-10-20-16(22)19-9-3-2-5-14(19)18-20/h6-7H,2-5,8-11H2,1H3,(H,17,21). The van der Waals surface area contributed by atoms with Gasteiger partial charge in [0.05, 0.1) is 0 Å². The summed E-state index contributed by atoms with van der Waals surface area (Å²) < 4.78 is 13.6. The van der Waals surface area contributed by atoms with Crippen LogP contribution in [-0.2, 0) is 30.9 Å². The lowest BCUT2D eigenvalue weighted by Gasteiger charge is -2.09. The summed E-state index contributed by atoms with van der Waals surface area (Å²) in [6.07, 6.45) is 3.61. The van der Waals surface area contributed by atoms with E-state index in [0.717, 1.165) is 31.6 Å². The van der Waals surface area contributed by atoms with Crippen molar-refractivity contribution in [2.75, 3.05) is 13.7 Å². The molecule has 0 saturated heterocycles. The molecule has 0 fully saturated rings. The Bertz CT molecular complexity index is 758. The number of fused-ring (bicyclic) bond motifs is 1. The Hall–Kier alpha value is -2.35. The molecule has 2 aromatic heterocycles. The molecule has 8 heteroatoms. The second kappa shape index (κ2) is 7.48. The minimum Gasteiger partial charge on any atom is -0.453 e. The summed E-state index contributed by atoms with van der Waals surface area (Å²) in [5.74, 6) is 1.47. The molecule has 0 saturated carbocycles. The molecule has 1 N–H and O–H groups in total. The minimum atomic E-state index is -0.270. The molecular weight excluding hydrogens is 312 g/mol.